The van der Waals surface area contributed by atoms with Gasteiger partial charge in [-0.2, -0.15) is 0 Å². The first-order chi connectivity index (χ1) is 27.8. The molecule has 0 amide bonds. The third-order valence-corrected chi connectivity index (χ3v) is 15.6. The molecule has 0 saturated carbocycles. The van der Waals surface area contributed by atoms with Crippen molar-refractivity contribution in [2.45, 2.75) is 0 Å². The second-order valence-corrected chi connectivity index (χ2v) is 17.6. The summed E-state index contributed by atoms with van der Waals surface area (Å²) in [4.78, 5) is 13.7. The zero-order valence-corrected chi connectivity index (χ0v) is 31.4. The lowest BCUT2D eigenvalue weighted by Crippen LogP contribution is -2.71. The molecule has 0 saturated heterocycles. The maximum absolute atomic E-state index is 5.72. The molecule has 2 aromatic heterocycles. The van der Waals surface area contributed by atoms with Crippen LogP contribution in [0.2, 0.25) is 0 Å². The quantitative estimate of drug-likeness (QED) is 0.160. The molecular formula is C50H35N5Si. The summed E-state index contributed by atoms with van der Waals surface area (Å²) in [5.74, 6) is 1.70. The Balaban J connectivity index is 1.33. The smallest absolute Gasteiger partial charge is 0.310 e. The van der Waals surface area contributed by atoms with Crippen LogP contribution in [0, 0.1) is 0 Å². The molecule has 6 heteroatoms. The summed E-state index contributed by atoms with van der Waals surface area (Å²) in [7, 11) is -3.38. The van der Waals surface area contributed by atoms with E-state index in [0.29, 0.717) is 0 Å². The van der Waals surface area contributed by atoms with Crippen LogP contribution in [0.5, 0.6) is 0 Å². The number of benzene rings is 8. The maximum Gasteiger partial charge on any atom is 0.345 e. The van der Waals surface area contributed by atoms with Crippen LogP contribution in [0.4, 0.5) is 17.6 Å². The van der Waals surface area contributed by atoms with Crippen LogP contribution in [0.3, 0.4) is 0 Å². The minimum absolute atomic E-state index is 0.848. The number of imidazole rings is 2. The third kappa shape index (κ3) is 4.79. The van der Waals surface area contributed by atoms with Gasteiger partial charge in [-0.3, -0.25) is 4.90 Å². The molecule has 0 bridgehead atoms. The highest BCUT2D eigenvalue weighted by molar-refractivity contribution is 7.01. The van der Waals surface area contributed by atoms with Crippen LogP contribution in [0.1, 0.15) is 0 Å². The zero-order valence-electron chi connectivity index (χ0n) is 30.4. The van der Waals surface area contributed by atoms with E-state index in [9.17, 15) is 0 Å². The lowest BCUT2D eigenvalue weighted by atomic mass is 10.0. The van der Waals surface area contributed by atoms with Crippen molar-refractivity contribution in [1.29, 1.82) is 0 Å². The fraction of sp³-hybridized carbons (Fsp3) is 0. The highest BCUT2D eigenvalue weighted by Crippen LogP contribution is 2.46. The molecular weight excluding hydrogens is 699 g/mol. The van der Waals surface area contributed by atoms with Gasteiger partial charge in [0.1, 0.15) is 0 Å². The van der Waals surface area contributed by atoms with E-state index in [4.69, 9.17) is 9.97 Å². The normalized spacial score (nSPS) is 13.1. The molecule has 0 atom stereocenters. The molecule has 11 rings (SSSR count). The lowest BCUT2D eigenvalue weighted by molar-refractivity contribution is 0.943. The molecule has 3 heterocycles. The van der Waals surface area contributed by atoms with Gasteiger partial charge in [0.25, 0.3) is 0 Å². The van der Waals surface area contributed by atoms with Crippen LogP contribution in [0.15, 0.2) is 212 Å². The molecule has 264 valence electrons. The van der Waals surface area contributed by atoms with E-state index in [2.05, 4.69) is 226 Å². The minimum Gasteiger partial charge on any atom is -0.310 e. The van der Waals surface area contributed by atoms with Crippen LogP contribution >= 0.6 is 0 Å². The summed E-state index contributed by atoms with van der Waals surface area (Å²) < 4.78 is 5.19. The summed E-state index contributed by atoms with van der Waals surface area (Å²) in [5.41, 5.74) is 11.9. The van der Waals surface area contributed by atoms with Gasteiger partial charge < -0.3 is 8.47 Å². The number of nitrogens with zero attached hydrogens (tertiary/aromatic N) is 5. The predicted molar refractivity (Wildman–Crippen MR) is 233 cm³/mol. The van der Waals surface area contributed by atoms with E-state index >= 15 is 0 Å². The summed E-state index contributed by atoms with van der Waals surface area (Å²) in [6.07, 6.45) is 0. The van der Waals surface area contributed by atoms with Crippen LogP contribution in [0.25, 0.3) is 55.4 Å². The van der Waals surface area contributed by atoms with Crippen molar-refractivity contribution < 1.29 is 0 Å². The molecule has 0 unspecified atom stereocenters. The average Bonchev–Trinajstić information content (AvgIpc) is 3.87. The summed E-state index contributed by atoms with van der Waals surface area (Å²) in [6, 6.07) is 76.1. The predicted octanol–water partition coefficient (Wildman–Crippen LogP) is 10.8. The first-order valence-corrected chi connectivity index (χ1v) is 20.9. The Morgan fingerprint density at radius 2 is 0.714 bits per heavy atom. The topological polar surface area (TPSA) is 38.9 Å². The van der Waals surface area contributed by atoms with Gasteiger partial charge >= 0.3 is 8.40 Å². The van der Waals surface area contributed by atoms with Gasteiger partial charge in [-0.25, -0.2) is 9.97 Å². The second kappa shape index (κ2) is 12.9. The number of hydrogen-bond acceptors (Lipinski definition) is 3. The average molecular weight is 734 g/mol. The second-order valence-electron chi connectivity index (χ2n) is 14.2. The molecule has 0 aliphatic carbocycles. The van der Waals surface area contributed by atoms with Crippen LogP contribution in [-0.2, 0) is 0 Å². The highest BCUT2D eigenvalue weighted by Gasteiger charge is 2.53. The Morgan fingerprint density at radius 3 is 1.20 bits per heavy atom. The van der Waals surface area contributed by atoms with Gasteiger partial charge in [0.15, 0.2) is 0 Å². The first kappa shape index (κ1) is 32.2. The van der Waals surface area contributed by atoms with Gasteiger partial charge in [0.2, 0.25) is 11.9 Å². The van der Waals surface area contributed by atoms with Crippen molar-refractivity contribution in [3.63, 3.8) is 0 Å². The van der Waals surface area contributed by atoms with Gasteiger partial charge in [0, 0.05) is 11.1 Å². The minimum atomic E-state index is -3.38. The van der Waals surface area contributed by atoms with Crippen molar-refractivity contribution in [2.75, 3.05) is 4.90 Å². The number of aromatic nitrogens is 4. The first-order valence-electron chi connectivity index (χ1n) is 19.0. The van der Waals surface area contributed by atoms with E-state index in [1.165, 1.54) is 21.5 Å². The fourth-order valence-electron chi connectivity index (χ4n) is 8.69. The number of anilines is 3. The molecule has 5 nitrogen and oxygen atoms in total. The molecule has 10 aromatic rings. The van der Waals surface area contributed by atoms with Crippen molar-refractivity contribution >= 4 is 58.4 Å². The van der Waals surface area contributed by atoms with E-state index in [0.717, 1.165) is 61.9 Å². The number of fused-ring (bicyclic) bond motifs is 6. The Kier molecular flexibility index (Phi) is 7.43. The molecule has 1 aliphatic heterocycles. The Labute approximate surface area is 326 Å². The van der Waals surface area contributed by atoms with E-state index in [1.54, 1.807) is 0 Å². The SMILES string of the molecule is c1ccc(-c2ccc([Si]3(c4ccccc4)n4c(nc5c(-c6ccccc6)cccc54)N(c4ccccc4)c4nc5c(-c6ccccc6)cccc5n43)cc2)cc1. The molecule has 0 N–H and O–H groups in total. The van der Waals surface area contributed by atoms with Crippen molar-refractivity contribution in [2.24, 2.45) is 0 Å². The number of para-hydroxylation sites is 3. The number of hydrogen-bond donors (Lipinski definition) is 0. The summed E-state index contributed by atoms with van der Waals surface area (Å²) >= 11 is 0. The molecule has 0 spiro atoms. The largest absolute Gasteiger partial charge is 0.345 e. The standard InChI is InChI=1S/C50H35N5Si/c1-6-18-36(19-7-1)37-32-34-42(35-33-37)56(41-26-14-5-15-27-41)54-45-30-16-28-43(38-20-8-2-9-21-38)47(45)51-49(54)53(40-24-12-4-13-25-40)50-52-48-44(39-22-10-3-11-23-39)29-17-31-46(48)55(50)56/h1-35H. The molecule has 1 aliphatic rings. The molecule has 0 radical (unpaired) electrons. The van der Waals surface area contributed by atoms with Gasteiger partial charge in [-0.1, -0.05) is 188 Å². The van der Waals surface area contributed by atoms with E-state index in [1.807, 2.05) is 0 Å². The van der Waals surface area contributed by atoms with Gasteiger partial charge in [-0.15, -0.1) is 0 Å². The van der Waals surface area contributed by atoms with Crippen molar-refractivity contribution in [1.82, 2.24) is 18.4 Å². The Hall–Kier alpha value is -7.28. The monoisotopic (exact) mass is 733 g/mol. The van der Waals surface area contributed by atoms with Crippen molar-refractivity contribution in [3.8, 4) is 33.4 Å². The molecule has 8 aromatic carbocycles. The van der Waals surface area contributed by atoms with Gasteiger partial charge in [0.05, 0.1) is 27.8 Å². The molecule has 56 heavy (non-hydrogen) atoms. The summed E-state index contributed by atoms with van der Waals surface area (Å²) in [5, 5.41) is 2.46. The third-order valence-electron chi connectivity index (χ3n) is 11.1. The maximum atomic E-state index is 5.72. The number of rotatable bonds is 6. The summed E-state index contributed by atoms with van der Waals surface area (Å²) in [6.45, 7) is 0. The zero-order chi connectivity index (χ0) is 37.1. The Bertz CT molecular complexity index is 2870. The van der Waals surface area contributed by atoms with Gasteiger partial charge in [-0.05, 0) is 56.9 Å². The van der Waals surface area contributed by atoms with E-state index in [-0.39, 0.29) is 0 Å². The molecule has 0 fully saturated rings. The van der Waals surface area contributed by atoms with E-state index < -0.39 is 8.40 Å². The van der Waals surface area contributed by atoms with Crippen LogP contribution < -0.4 is 15.3 Å². The fourth-order valence-corrected chi connectivity index (χ4v) is 13.5. The highest BCUT2D eigenvalue weighted by atomic mass is 28.3. The van der Waals surface area contributed by atoms with Crippen molar-refractivity contribution in [3.05, 3.63) is 212 Å². The van der Waals surface area contributed by atoms with Crippen LogP contribution in [-0.4, -0.2) is 26.8 Å². The lowest BCUT2D eigenvalue weighted by Gasteiger charge is -2.43. The Morgan fingerprint density at radius 1 is 0.321 bits per heavy atom.